The lowest BCUT2D eigenvalue weighted by molar-refractivity contribution is -0.121. The van der Waals surface area contributed by atoms with Crippen LogP contribution in [0.5, 0.6) is 11.5 Å². The largest absolute Gasteiger partial charge is 0.494 e. The zero-order valence-corrected chi connectivity index (χ0v) is 18.6. The van der Waals surface area contributed by atoms with E-state index in [1.54, 1.807) is 43.9 Å². The number of aryl methyl sites for hydroxylation is 1. The van der Waals surface area contributed by atoms with E-state index < -0.39 is 11.7 Å². The molecule has 7 nitrogen and oxygen atoms in total. The van der Waals surface area contributed by atoms with Gasteiger partial charge in [-0.3, -0.25) is 10.1 Å². The molecule has 1 aliphatic heterocycles. The van der Waals surface area contributed by atoms with E-state index in [0.717, 1.165) is 24.2 Å². The van der Waals surface area contributed by atoms with Gasteiger partial charge in [-0.25, -0.2) is 4.79 Å². The Morgan fingerprint density at radius 2 is 1.97 bits per heavy atom. The molecule has 0 saturated heterocycles. The van der Waals surface area contributed by atoms with E-state index in [-0.39, 0.29) is 12.5 Å². The highest BCUT2D eigenvalue weighted by molar-refractivity contribution is 5.99. The minimum atomic E-state index is -0.593. The van der Waals surface area contributed by atoms with Gasteiger partial charge in [0.25, 0.3) is 5.91 Å². The molecule has 0 atom stereocenters. The first-order valence-electron chi connectivity index (χ1n) is 10.5. The summed E-state index contributed by atoms with van der Waals surface area (Å²) in [6.45, 7) is 8.56. The Hall–Kier alpha value is -3.22. The highest BCUT2D eigenvalue weighted by atomic mass is 16.6. The zero-order chi connectivity index (χ0) is 22.4. The number of carbonyl (C=O) groups is 2. The number of unbranched alkanes of at least 4 members (excludes halogenated alkanes) is 1. The quantitative estimate of drug-likeness (QED) is 0.636. The Morgan fingerprint density at radius 3 is 2.71 bits per heavy atom. The van der Waals surface area contributed by atoms with Crippen molar-refractivity contribution in [2.24, 2.45) is 0 Å². The van der Waals surface area contributed by atoms with Gasteiger partial charge in [0.15, 0.2) is 6.61 Å². The van der Waals surface area contributed by atoms with Crippen LogP contribution in [0.25, 0.3) is 0 Å². The van der Waals surface area contributed by atoms with E-state index >= 15 is 0 Å². The number of amides is 2. The summed E-state index contributed by atoms with van der Waals surface area (Å²) in [5.74, 6) is 1.36. The molecule has 2 aromatic rings. The van der Waals surface area contributed by atoms with Gasteiger partial charge in [0.2, 0.25) is 0 Å². The molecule has 1 heterocycles. The number of fused-ring (bicyclic) bond motifs is 1. The number of hydrogen-bond acceptors (Lipinski definition) is 5. The van der Waals surface area contributed by atoms with Crippen molar-refractivity contribution in [1.82, 2.24) is 0 Å². The predicted octanol–water partition coefficient (Wildman–Crippen LogP) is 4.93. The highest BCUT2D eigenvalue weighted by Gasteiger charge is 2.26. The molecule has 3 rings (SSSR count). The summed E-state index contributed by atoms with van der Waals surface area (Å²) in [7, 11) is 0. The average Bonchev–Trinajstić information content (AvgIpc) is 2.68. The number of nitrogens with zero attached hydrogens (tertiary/aromatic N) is 1. The van der Waals surface area contributed by atoms with Gasteiger partial charge in [-0.05, 0) is 76.4 Å². The summed E-state index contributed by atoms with van der Waals surface area (Å²) in [6, 6.07) is 13.2. The molecule has 2 aromatic carbocycles. The lowest BCUT2D eigenvalue weighted by atomic mass is 10.2. The van der Waals surface area contributed by atoms with Gasteiger partial charge in [0.1, 0.15) is 17.1 Å². The lowest BCUT2D eigenvalue weighted by Gasteiger charge is -2.30. The maximum absolute atomic E-state index is 12.5. The molecule has 31 heavy (non-hydrogen) atoms. The molecule has 1 N–H and O–H groups in total. The van der Waals surface area contributed by atoms with Gasteiger partial charge in [-0.15, -0.1) is 0 Å². The van der Waals surface area contributed by atoms with Crippen molar-refractivity contribution in [3.8, 4) is 11.5 Å². The molecular weight excluding hydrogens is 396 g/mol. The minimum Gasteiger partial charge on any atom is -0.494 e. The predicted molar refractivity (Wildman–Crippen MR) is 120 cm³/mol. The molecule has 0 radical (unpaired) electrons. The van der Waals surface area contributed by atoms with Crippen molar-refractivity contribution in [3.63, 3.8) is 0 Å². The first-order valence-corrected chi connectivity index (χ1v) is 10.5. The summed E-state index contributed by atoms with van der Waals surface area (Å²) >= 11 is 0. The number of rotatable bonds is 7. The van der Waals surface area contributed by atoms with Crippen LogP contribution in [0.4, 0.5) is 16.2 Å². The van der Waals surface area contributed by atoms with Crippen molar-refractivity contribution in [1.29, 1.82) is 0 Å². The van der Waals surface area contributed by atoms with E-state index in [9.17, 15) is 9.59 Å². The summed E-state index contributed by atoms with van der Waals surface area (Å²) in [5.41, 5.74) is 1.75. The Kier molecular flexibility index (Phi) is 7.05. The first kappa shape index (κ1) is 22.5. The van der Waals surface area contributed by atoms with Crippen LogP contribution in [0.1, 0.15) is 39.2 Å². The van der Waals surface area contributed by atoms with Crippen LogP contribution in [-0.2, 0) is 9.53 Å². The molecule has 0 spiro atoms. The molecule has 7 heteroatoms. The number of nitrogens with one attached hydrogen (secondary N) is 1. The third kappa shape index (κ3) is 6.64. The fourth-order valence-corrected chi connectivity index (χ4v) is 3.21. The standard InChI is InChI=1S/C24H30N2O5/c1-17-8-7-9-19(14-17)29-13-6-5-12-26-20-15-18(25-23(28)31-24(2,3)4)10-11-21(20)30-16-22(26)27/h7-11,14-15H,5-6,12-13,16H2,1-4H3,(H,25,28). The third-order valence-electron chi connectivity index (χ3n) is 4.58. The first-order chi connectivity index (χ1) is 14.7. The molecule has 0 aromatic heterocycles. The molecule has 166 valence electrons. The average molecular weight is 427 g/mol. The van der Waals surface area contributed by atoms with Crippen molar-refractivity contribution in [2.75, 3.05) is 30.0 Å². The molecular formula is C24H30N2O5. The molecule has 0 unspecified atom stereocenters. The molecule has 0 fully saturated rings. The number of ether oxygens (including phenoxy) is 3. The monoisotopic (exact) mass is 426 g/mol. The van der Waals surface area contributed by atoms with Crippen LogP contribution in [0.15, 0.2) is 42.5 Å². The summed E-state index contributed by atoms with van der Waals surface area (Å²) in [5, 5.41) is 2.71. The molecule has 2 amide bonds. The second-order valence-electron chi connectivity index (χ2n) is 8.52. The zero-order valence-electron chi connectivity index (χ0n) is 18.6. The minimum absolute atomic E-state index is 0.00559. The van der Waals surface area contributed by atoms with E-state index in [0.29, 0.717) is 30.3 Å². The number of benzene rings is 2. The number of hydrogen-bond donors (Lipinski definition) is 1. The topological polar surface area (TPSA) is 77.1 Å². The van der Waals surface area contributed by atoms with Crippen LogP contribution in [0, 0.1) is 6.92 Å². The highest BCUT2D eigenvalue weighted by Crippen LogP contribution is 2.35. The number of anilines is 2. The second-order valence-corrected chi connectivity index (χ2v) is 8.52. The smallest absolute Gasteiger partial charge is 0.412 e. The Bertz CT molecular complexity index is 936. The van der Waals surface area contributed by atoms with Crippen LogP contribution in [0.2, 0.25) is 0 Å². The van der Waals surface area contributed by atoms with Gasteiger partial charge in [-0.2, -0.15) is 0 Å². The van der Waals surface area contributed by atoms with Crippen LogP contribution < -0.4 is 19.7 Å². The SMILES string of the molecule is Cc1cccc(OCCCCN2C(=O)COc3ccc(NC(=O)OC(C)(C)C)cc32)c1. The van der Waals surface area contributed by atoms with E-state index in [1.165, 1.54) is 0 Å². The van der Waals surface area contributed by atoms with Crippen LogP contribution in [-0.4, -0.2) is 37.4 Å². The maximum atomic E-state index is 12.5. The molecule has 1 aliphatic rings. The van der Waals surface area contributed by atoms with Crippen molar-refractivity contribution >= 4 is 23.4 Å². The fourth-order valence-electron chi connectivity index (χ4n) is 3.21. The van der Waals surface area contributed by atoms with Crippen molar-refractivity contribution in [2.45, 2.75) is 46.1 Å². The lowest BCUT2D eigenvalue weighted by Crippen LogP contribution is -2.39. The summed E-state index contributed by atoms with van der Waals surface area (Å²) < 4.78 is 16.6. The van der Waals surface area contributed by atoms with E-state index in [4.69, 9.17) is 14.2 Å². The second kappa shape index (κ2) is 9.73. The molecule has 0 saturated carbocycles. The van der Waals surface area contributed by atoms with Crippen molar-refractivity contribution < 1.29 is 23.8 Å². The molecule has 0 aliphatic carbocycles. The van der Waals surface area contributed by atoms with Gasteiger partial charge in [0, 0.05) is 12.2 Å². The maximum Gasteiger partial charge on any atom is 0.412 e. The third-order valence-corrected chi connectivity index (χ3v) is 4.58. The summed E-state index contributed by atoms with van der Waals surface area (Å²) in [6.07, 6.45) is 1.04. The van der Waals surface area contributed by atoms with Crippen LogP contribution >= 0.6 is 0 Å². The van der Waals surface area contributed by atoms with E-state index in [2.05, 4.69) is 5.32 Å². The summed E-state index contributed by atoms with van der Waals surface area (Å²) in [4.78, 5) is 26.2. The van der Waals surface area contributed by atoms with Gasteiger partial charge in [-0.1, -0.05) is 12.1 Å². The fraction of sp³-hybridized carbons (Fsp3) is 0.417. The van der Waals surface area contributed by atoms with Gasteiger partial charge >= 0.3 is 6.09 Å². The Labute approximate surface area is 183 Å². The van der Waals surface area contributed by atoms with E-state index in [1.807, 2.05) is 31.2 Å². The van der Waals surface area contributed by atoms with Gasteiger partial charge < -0.3 is 19.1 Å². The Balaban J connectivity index is 1.57. The molecule has 0 bridgehead atoms. The van der Waals surface area contributed by atoms with Gasteiger partial charge in [0.05, 0.1) is 12.3 Å². The van der Waals surface area contributed by atoms with Crippen LogP contribution in [0.3, 0.4) is 0 Å². The Morgan fingerprint density at radius 1 is 1.16 bits per heavy atom. The van der Waals surface area contributed by atoms with Crippen molar-refractivity contribution in [3.05, 3.63) is 48.0 Å². The number of carbonyl (C=O) groups excluding carboxylic acids is 2. The normalized spacial score (nSPS) is 13.3.